The summed E-state index contributed by atoms with van der Waals surface area (Å²) in [7, 11) is 2.15. The number of anilines is 1. The number of hydrogen-bond donors (Lipinski definition) is 1. The predicted molar refractivity (Wildman–Crippen MR) is 126 cm³/mol. The van der Waals surface area contributed by atoms with Gasteiger partial charge in [0.1, 0.15) is 0 Å². The maximum absolute atomic E-state index is 12.1. The third kappa shape index (κ3) is 3.31. The van der Waals surface area contributed by atoms with E-state index in [1.807, 2.05) is 6.08 Å². The summed E-state index contributed by atoms with van der Waals surface area (Å²) in [5.74, 6) is 1.78. The van der Waals surface area contributed by atoms with Gasteiger partial charge < -0.3 is 10.0 Å². The smallest absolute Gasteiger partial charge is 0.156 e. The highest BCUT2D eigenvalue weighted by Gasteiger charge is 2.56. The molecule has 3 heteroatoms. The molecule has 5 rings (SSSR count). The minimum absolute atomic E-state index is 0.00150. The van der Waals surface area contributed by atoms with E-state index in [1.54, 1.807) is 5.57 Å². The van der Waals surface area contributed by atoms with E-state index in [0.717, 1.165) is 38.5 Å². The lowest BCUT2D eigenvalue weighted by atomic mass is 9.53. The second-order valence-corrected chi connectivity index (χ2v) is 11.0. The van der Waals surface area contributed by atoms with E-state index in [9.17, 15) is 9.90 Å². The molecule has 0 spiro atoms. The van der Waals surface area contributed by atoms with E-state index in [4.69, 9.17) is 0 Å². The van der Waals surface area contributed by atoms with Crippen molar-refractivity contribution in [3.05, 3.63) is 52.6 Å². The number of nitrogens with zero attached hydrogens (tertiary/aromatic N) is 1. The van der Waals surface area contributed by atoms with Crippen LogP contribution < -0.4 is 4.90 Å². The maximum Gasteiger partial charge on any atom is 0.156 e. The molecule has 0 heterocycles. The van der Waals surface area contributed by atoms with Crippen LogP contribution in [0.3, 0.4) is 0 Å². The quantitative estimate of drug-likeness (QED) is 0.674. The molecule has 0 aromatic heterocycles. The van der Waals surface area contributed by atoms with Crippen molar-refractivity contribution in [2.45, 2.75) is 83.8 Å². The predicted octanol–water partition coefficient (Wildman–Crippen LogP) is 5.79. The number of hydrogen-bond acceptors (Lipinski definition) is 3. The molecule has 5 atom stereocenters. The Morgan fingerprint density at radius 1 is 1.06 bits per heavy atom. The molecular formula is C28H37NO2. The topological polar surface area (TPSA) is 40.5 Å². The number of aliphatic hydroxyl groups excluding tert-OH is 1. The van der Waals surface area contributed by atoms with Crippen LogP contribution in [0.4, 0.5) is 5.69 Å². The fourth-order valence-corrected chi connectivity index (χ4v) is 7.17. The molecule has 2 saturated carbocycles. The highest BCUT2D eigenvalue weighted by atomic mass is 16.3. The lowest BCUT2D eigenvalue weighted by molar-refractivity contribution is -0.114. The summed E-state index contributed by atoms with van der Waals surface area (Å²) in [6.07, 6.45) is 8.58. The van der Waals surface area contributed by atoms with Gasteiger partial charge in [-0.25, -0.2) is 0 Å². The highest BCUT2D eigenvalue weighted by Crippen LogP contribution is 2.63. The average molecular weight is 420 g/mol. The number of rotatable bonds is 3. The largest absolute Gasteiger partial charge is 0.393 e. The van der Waals surface area contributed by atoms with E-state index in [-0.39, 0.29) is 11.5 Å². The molecule has 2 fully saturated rings. The van der Waals surface area contributed by atoms with Gasteiger partial charge in [-0.1, -0.05) is 24.6 Å². The van der Waals surface area contributed by atoms with Crippen LogP contribution in [0.15, 0.2) is 47.1 Å². The Labute approximate surface area is 187 Å². The second kappa shape index (κ2) is 7.62. The zero-order valence-electron chi connectivity index (χ0n) is 19.5. The standard InChI is InChI=1S/C28H37NO2/c1-17(2)29(4)20-8-5-18(6-9-20)24-16-28(3)25(13-14-26(28)31)23-11-7-19-15-21(30)10-12-22(19)27(23)24/h5-6,8-9,15,17,23-26,31H,7,10-14,16H2,1-4H3. The molecule has 0 bridgehead atoms. The third-order valence-electron chi connectivity index (χ3n) is 9.16. The van der Waals surface area contributed by atoms with Crippen molar-refractivity contribution in [2.24, 2.45) is 17.3 Å². The van der Waals surface area contributed by atoms with Gasteiger partial charge in [0.2, 0.25) is 0 Å². The van der Waals surface area contributed by atoms with Crippen molar-refractivity contribution in [3.63, 3.8) is 0 Å². The Morgan fingerprint density at radius 2 is 1.81 bits per heavy atom. The molecule has 3 nitrogen and oxygen atoms in total. The van der Waals surface area contributed by atoms with Crippen molar-refractivity contribution < 1.29 is 9.90 Å². The van der Waals surface area contributed by atoms with Crippen LogP contribution in [0.5, 0.6) is 0 Å². The number of carbonyl (C=O) groups excluding carboxylic acids is 1. The molecule has 0 amide bonds. The van der Waals surface area contributed by atoms with Crippen molar-refractivity contribution >= 4 is 11.5 Å². The number of aliphatic hydroxyl groups is 1. The number of benzene rings is 1. The van der Waals surface area contributed by atoms with Crippen molar-refractivity contribution in [3.8, 4) is 0 Å². The Bertz CT molecular complexity index is 940. The molecule has 5 unspecified atom stereocenters. The van der Waals surface area contributed by atoms with Crippen LogP contribution in [0, 0.1) is 17.3 Å². The van der Waals surface area contributed by atoms with E-state index in [1.165, 1.54) is 22.4 Å². The minimum Gasteiger partial charge on any atom is -0.393 e. The molecule has 1 aromatic rings. The van der Waals surface area contributed by atoms with Gasteiger partial charge in [0.15, 0.2) is 5.78 Å². The van der Waals surface area contributed by atoms with E-state index in [0.29, 0.717) is 36.0 Å². The van der Waals surface area contributed by atoms with Crippen molar-refractivity contribution in [2.75, 3.05) is 11.9 Å². The molecule has 1 N–H and O–H groups in total. The summed E-state index contributed by atoms with van der Waals surface area (Å²) >= 11 is 0. The zero-order chi connectivity index (χ0) is 21.9. The molecule has 0 aliphatic heterocycles. The zero-order valence-corrected chi connectivity index (χ0v) is 19.5. The molecule has 4 aliphatic carbocycles. The number of fused-ring (bicyclic) bond motifs is 4. The van der Waals surface area contributed by atoms with Crippen molar-refractivity contribution in [1.82, 2.24) is 0 Å². The van der Waals surface area contributed by atoms with Gasteiger partial charge in [-0.2, -0.15) is 0 Å². The highest BCUT2D eigenvalue weighted by molar-refractivity contribution is 5.93. The lowest BCUT2D eigenvalue weighted by Crippen LogP contribution is -2.45. The Kier molecular flexibility index (Phi) is 5.16. The monoisotopic (exact) mass is 419 g/mol. The molecule has 166 valence electrons. The van der Waals surface area contributed by atoms with Gasteiger partial charge >= 0.3 is 0 Å². The Morgan fingerprint density at radius 3 is 2.52 bits per heavy atom. The molecule has 1 aromatic carbocycles. The van der Waals surface area contributed by atoms with E-state index >= 15 is 0 Å². The summed E-state index contributed by atoms with van der Waals surface area (Å²) in [6, 6.07) is 9.63. The molecular weight excluding hydrogens is 382 g/mol. The van der Waals surface area contributed by atoms with Gasteiger partial charge in [0, 0.05) is 31.1 Å². The number of allylic oxidation sites excluding steroid dienone is 4. The van der Waals surface area contributed by atoms with Crippen LogP contribution in [0.2, 0.25) is 0 Å². The summed E-state index contributed by atoms with van der Waals surface area (Å²) in [4.78, 5) is 14.4. The second-order valence-electron chi connectivity index (χ2n) is 11.0. The normalized spacial score (nSPS) is 34.9. The van der Waals surface area contributed by atoms with Crippen LogP contribution >= 0.6 is 0 Å². The first-order valence-electron chi connectivity index (χ1n) is 12.3. The maximum atomic E-state index is 12.1. The third-order valence-corrected chi connectivity index (χ3v) is 9.16. The molecule has 4 aliphatic rings. The average Bonchev–Trinajstić information content (AvgIpc) is 3.06. The first kappa shape index (κ1) is 21.0. The van der Waals surface area contributed by atoms with Crippen LogP contribution in [-0.2, 0) is 4.79 Å². The van der Waals surface area contributed by atoms with Gasteiger partial charge in [0.05, 0.1) is 6.10 Å². The van der Waals surface area contributed by atoms with Gasteiger partial charge in [-0.05, 0) is 105 Å². The SMILES string of the molecule is CC(C)N(C)c1ccc(C2CC3(C)C(O)CCC3C3CCC4=CC(=O)CCC4=C23)cc1. The minimum atomic E-state index is -0.192. The number of carbonyl (C=O) groups is 1. The van der Waals surface area contributed by atoms with Gasteiger partial charge in [0.25, 0.3) is 0 Å². The Hall–Kier alpha value is -1.87. The molecule has 0 radical (unpaired) electrons. The first-order valence-corrected chi connectivity index (χ1v) is 12.3. The van der Waals surface area contributed by atoms with Crippen LogP contribution in [-0.4, -0.2) is 30.1 Å². The molecule has 0 saturated heterocycles. The first-order chi connectivity index (χ1) is 14.8. The van der Waals surface area contributed by atoms with Gasteiger partial charge in [-0.3, -0.25) is 4.79 Å². The van der Waals surface area contributed by atoms with Crippen molar-refractivity contribution in [1.29, 1.82) is 0 Å². The number of ketones is 1. The summed E-state index contributed by atoms with van der Waals surface area (Å²) in [5.41, 5.74) is 7.05. The summed E-state index contributed by atoms with van der Waals surface area (Å²) < 4.78 is 0. The fraction of sp³-hybridized carbons (Fsp3) is 0.607. The fourth-order valence-electron chi connectivity index (χ4n) is 7.17. The van der Waals surface area contributed by atoms with E-state index < -0.39 is 0 Å². The molecule has 31 heavy (non-hydrogen) atoms. The summed E-state index contributed by atoms with van der Waals surface area (Å²) in [5, 5.41) is 11.0. The van der Waals surface area contributed by atoms with E-state index in [2.05, 4.69) is 57.0 Å². The lowest BCUT2D eigenvalue weighted by Gasteiger charge is -2.52. The van der Waals surface area contributed by atoms with Gasteiger partial charge in [-0.15, -0.1) is 0 Å². The summed E-state index contributed by atoms with van der Waals surface area (Å²) in [6.45, 7) is 6.78. The van der Waals surface area contributed by atoms with Crippen LogP contribution in [0.25, 0.3) is 0 Å². The Balaban J connectivity index is 1.60. The van der Waals surface area contributed by atoms with Crippen LogP contribution in [0.1, 0.15) is 77.2 Å².